The molecular weight excluding hydrogens is 370 g/mol. The maximum absolute atomic E-state index is 13.1. The van der Waals surface area contributed by atoms with Gasteiger partial charge in [0.15, 0.2) is 0 Å². The molecule has 0 unspecified atom stereocenters. The van der Waals surface area contributed by atoms with E-state index in [2.05, 4.69) is 32.9 Å². The molecule has 0 aliphatic heterocycles. The number of aryl methyl sites for hydroxylation is 1. The molecule has 1 heterocycles. The van der Waals surface area contributed by atoms with Gasteiger partial charge in [0.1, 0.15) is 11.6 Å². The van der Waals surface area contributed by atoms with Crippen molar-refractivity contribution in [3.63, 3.8) is 0 Å². The highest BCUT2D eigenvalue weighted by molar-refractivity contribution is 14.1. The first-order valence-electron chi connectivity index (χ1n) is 6.21. The Morgan fingerprint density at radius 3 is 2.75 bits per heavy atom. The number of nitrogens with one attached hydrogen (secondary N) is 1. The molecule has 0 aliphatic carbocycles. The van der Waals surface area contributed by atoms with E-state index in [9.17, 15) is 4.39 Å². The van der Waals surface area contributed by atoms with Crippen molar-refractivity contribution in [1.82, 2.24) is 4.98 Å². The predicted molar refractivity (Wildman–Crippen MR) is 86.7 cm³/mol. The van der Waals surface area contributed by atoms with Crippen LogP contribution >= 0.6 is 22.6 Å². The Hall–Kier alpha value is -1.37. The number of pyridine rings is 1. The minimum absolute atomic E-state index is 0.230. The van der Waals surface area contributed by atoms with Crippen molar-refractivity contribution in [3.8, 4) is 5.75 Å². The largest absolute Gasteiger partial charge is 0.496 e. The average Bonchev–Trinajstić information content (AvgIpc) is 2.40. The lowest BCUT2D eigenvalue weighted by Gasteiger charge is -2.14. The maximum Gasteiger partial charge on any atom is 0.128 e. The summed E-state index contributed by atoms with van der Waals surface area (Å²) in [6.45, 7) is 4.54. The average molecular weight is 386 g/mol. The van der Waals surface area contributed by atoms with Crippen LogP contribution in [0.2, 0.25) is 0 Å². The third-order valence-corrected chi connectivity index (χ3v) is 4.02. The molecule has 106 valence electrons. The van der Waals surface area contributed by atoms with Crippen LogP contribution in [-0.4, -0.2) is 12.1 Å². The second-order valence-corrected chi connectivity index (χ2v) is 5.69. The van der Waals surface area contributed by atoms with E-state index in [4.69, 9.17) is 4.74 Å². The number of methoxy groups -OCH3 is 1. The minimum Gasteiger partial charge on any atom is -0.496 e. The molecule has 0 aliphatic rings. The fourth-order valence-electron chi connectivity index (χ4n) is 2.06. The van der Waals surface area contributed by atoms with Crippen molar-refractivity contribution < 1.29 is 9.13 Å². The number of aromatic nitrogens is 1. The van der Waals surface area contributed by atoms with E-state index < -0.39 is 0 Å². The van der Waals surface area contributed by atoms with Gasteiger partial charge < -0.3 is 10.1 Å². The molecule has 0 spiro atoms. The molecule has 1 aromatic heterocycles. The topological polar surface area (TPSA) is 34.1 Å². The van der Waals surface area contributed by atoms with E-state index in [0.717, 1.165) is 31.8 Å². The Morgan fingerprint density at radius 1 is 1.35 bits per heavy atom. The molecule has 2 rings (SSSR count). The summed E-state index contributed by atoms with van der Waals surface area (Å²) >= 11 is 2.11. The summed E-state index contributed by atoms with van der Waals surface area (Å²) in [5.74, 6) is 0.636. The first-order chi connectivity index (χ1) is 9.52. The van der Waals surface area contributed by atoms with Gasteiger partial charge in [0, 0.05) is 26.6 Å². The van der Waals surface area contributed by atoms with Crippen molar-refractivity contribution in [1.29, 1.82) is 0 Å². The van der Waals surface area contributed by atoms with Crippen molar-refractivity contribution in [2.24, 2.45) is 0 Å². The number of ether oxygens (including phenoxy) is 1. The third-order valence-electron chi connectivity index (χ3n) is 3.13. The second-order valence-electron chi connectivity index (χ2n) is 4.52. The molecule has 0 radical (unpaired) electrons. The maximum atomic E-state index is 13.1. The van der Waals surface area contributed by atoms with E-state index in [1.807, 2.05) is 13.8 Å². The summed E-state index contributed by atoms with van der Waals surface area (Å²) in [5, 5.41) is 3.28. The Morgan fingerprint density at radius 2 is 2.10 bits per heavy atom. The Labute approximate surface area is 131 Å². The molecule has 5 heteroatoms. The zero-order chi connectivity index (χ0) is 14.7. The fraction of sp³-hybridized carbons (Fsp3) is 0.267. The number of nitrogens with zero attached hydrogens (tertiary/aromatic N) is 1. The highest BCUT2D eigenvalue weighted by atomic mass is 127. The van der Waals surface area contributed by atoms with Crippen LogP contribution in [0.1, 0.15) is 16.8 Å². The first-order valence-corrected chi connectivity index (χ1v) is 7.28. The van der Waals surface area contributed by atoms with Crippen molar-refractivity contribution >= 4 is 28.3 Å². The lowest BCUT2D eigenvalue weighted by atomic mass is 10.1. The molecule has 0 amide bonds. The highest BCUT2D eigenvalue weighted by Crippen LogP contribution is 2.25. The Balaban J connectivity index is 2.19. The summed E-state index contributed by atoms with van der Waals surface area (Å²) in [7, 11) is 1.66. The number of anilines is 1. The number of rotatable bonds is 4. The molecule has 20 heavy (non-hydrogen) atoms. The molecule has 0 saturated carbocycles. The van der Waals surface area contributed by atoms with Crippen LogP contribution in [0.15, 0.2) is 24.4 Å². The van der Waals surface area contributed by atoms with Crippen LogP contribution in [0, 0.1) is 23.2 Å². The molecular formula is C15H16FIN2O. The molecule has 1 N–H and O–H groups in total. The van der Waals surface area contributed by atoms with Gasteiger partial charge in [-0.2, -0.15) is 0 Å². The van der Waals surface area contributed by atoms with Gasteiger partial charge in [0.05, 0.1) is 19.3 Å². The number of benzene rings is 1. The minimum atomic E-state index is -0.230. The van der Waals surface area contributed by atoms with Crippen LogP contribution in [0.5, 0.6) is 5.75 Å². The summed E-state index contributed by atoms with van der Waals surface area (Å²) in [5.41, 5.74) is 3.86. The highest BCUT2D eigenvalue weighted by Gasteiger charge is 2.10. The van der Waals surface area contributed by atoms with Crippen molar-refractivity contribution in [2.45, 2.75) is 20.4 Å². The standard InChI is InChI=1S/C15H16FIN2O/c1-9-7-18-14(10(2)15(9)20-3)8-19-13-5-4-11(16)6-12(13)17/h4-7,19H,8H2,1-3H3. The van der Waals surface area contributed by atoms with E-state index in [1.54, 1.807) is 19.4 Å². The van der Waals surface area contributed by atoms with E-state index in [1.165, 1.54) is 12.1 Å². The molecule has 0 atom stereocenters. The van der Waals surface area contributed by atoms with Gasteiger partial charge in [-0.3, -0.25) is 4.98 Å². The quantitative estimate of drug-likeness (QED) is 0.805. The van der Waals surface area contributed by atoms with E-state index in [-0.39, 0.29) is 5.82 Å². The Kier molecular flexibility index (Phi) is 4.80. The second kappa shape index (κ2) is 6.39. The molecule has 0 fully saturated rings. The SMILES string of the molecule is COc1c(C)cnc(CNc2ccc(F)cc2I)c1C. The fourth-order valence-corrected chi connectivity index (χ4v) is 2.73. The van der Waals surface area contributed by atoms with Gasteiger partial charge >= 0.3 is 0 Å². The van der Waals surface area contributed by atoms with E-state index in [0.29, 0.717) is 6.54 Å². The normalized spacial score (nSPS) is 10.4. The van der Waals surface area contributed by atoms with Crippen LogP contribution in [-0.2, 0) is 6.54 Å². The van der Waals surface area contributed by atoms with E-state index >= 15 is 0 Å². The molecule has 2 aromatic rings. The lowest BCUT2D eigenvalue weighted by molar-refractivity contribution is 0.407. The number of hydrogen-bond donors (Lipinski definition) is 1. The molecule has 0 saturated heterocycles. The van der Waals surface area contributed by atoms with Gasteiger partial charge in [0.2, 0.25) is 0 Å². The zero-order valence-electron chi connectivity index (χ0n) is 11.6. The number of hydrogen-bond acceptors (Lipinski definition) is 3. The molecule has 3 nitrogen and oxygen atoms in total. The summed E-state index contributed by atoms with van der Waals surface area (Å²) in [6.07, 6.45) is 1.80. The molecule has 0 bridgehead atoms. The van der Waals surface area contributed by atoms with Gasteiger partial charge in [0.25, 0.3) is 0 Å². The van der Waals surface area contributed by atoms with Gasteiger partial charge in [-0.15, -0.1) is 0 Å². The van der Waals surface area contributed by atoms with Crippen molar-refractivity contribution in [3.05, 3.63) is 50.6 Å². The van der Waals surface area contributed by atoms with Crippen LogP contribution in [0.4, 0.5) is 10.1 Å². The van der Waals surface area contributed by atoms with Gasteiger partial charge in [-0.25, -0.2) is 4.39 Å². The monoisotopic (exact) mass is 386 g/mol. The van der Waals surface area contributed by atoms with Crippen molar-refractivity contribution in [2.75, 3.05) is 12.4 Å². The van der Waals surface area contributed by atoms with Gasteiger partial charge in [-0.05, 0) is 54.6 Å². The summed E-state index contributed by atoms with van der Waals surface area (Å²) in [6, 6.07) is 4.68. The lowest BCUT2D eigenvalue weighted by Crippen LogP contribution is -2.07. The first kappa shape index (κ1) is 15.0. The summed E-state index contributed by atoms with van der Waals surface area (Å²) in [4.78, 5) is 4.43. The third kappa shape index (κ3) is 3.20. The molecule has 1 aromatic carbocycles. The van der Waals surface area contributed by atoms with Crippen LogP contribution in [0.25, 0.3) is 0 Å². The van der Waals surface area contributed by atoms with Gasteiger partial charge in [-0.1, -0.05) is 0 Å². The Bertz CT molecular complexity index is 632. The number of halogens is 2. The van der Waals surface area contributed by atoms with Crippen LogP contribution in [0.3, 0.4) is 0 Å². The zero-order valence-corrected chi connectivity index (χ0v) is 13.8. The van der Waals surface area contributed by atoms with Crippen LogP contribution < -0.4 is 10.1 Å². The summed E-state index contributed by atoms with van der Waals surface area (Å²) < 4.78 is 19.3. The predicted octanol–water partition coefficient (Wildman–Crippen LogP) is 4.06. The smallest absolute Gasteiger partial charge is 0.128 e.